The predicted molar refractivity (Wildman–Crippen MR) is 134 cm³/mol. The van der Waals surface area contributed by atoms with Crippen molar-refractivity contribution in [3.05, 3.63) is 65.2 Å². The summed E-state index contributed by atoms with van der Waals surface area (Å²) in [7, 11) is 0. The van der Waals surface area contributed by atoms with Gasteiger partial charge in [-0.2, -0.15) is 0 Å². The van der Waals surface area contributed by atoms with Gasteiger partial charge in [-0.15, -0.1) is 0 Å². The quantitative estimate of drug-likeness (QED) is 0.631. The maximum absolute atomic E-state index is 13.0. The van der Waals surface area contributed by atoms with Gasteiger partial charge in [0.2, 0.25) is 0 Å². The van der Waals surface area contributed by atoms with E-state index >= 15 is 0 Å². The number of piperidine rings is 1. The Morgan fingerprint density at radius 2 is 1.58 bits per heavy atom. The average molecular weight is 448 g/mol. The SMILES string of the molecule is CCc1ccc(C(=O)NC2CCN(c3ccccc3C(=O)NCC3CCCCC3)CC2)cc1. The van der Waals surface area contributed by atoms with Crippen molar-refractivity contribution in [1.29, 1.82) is 0 Å². The van der Waals surface area contributed by atoms with E-state index in [0.29, 0.717) is 5.92 Å². The van der Waals surface area contributed by atoms with Crippen LogP contribution in [-0.2, 0) is 6.42 Å². The minimum absolute atomic E-state index is 0.00130. The van der Waals surface area contributed by atoms with Crippen LogP contribution in [0, 0.1) is 5.92 Å². The number of benzene rings is 2. The number of carbonyl (C=O) groups is 2. The van der Waals surface area contributed by atoms with Crippen molar-refractivity contribution in [2.75, 3.05) is 24.5 Å². The number of hydrogen-bond donors (Lipinski definition) is 2. The molecule has 1 aliphatic carbocycles. The number of anilines is 1. The molecule has 2 aromatic rings. The number of aryl methyl sites for hydroxylation is 1. The summed E-state index contributed by atoms with van der Waals surface area (Å²) in [6.07, 6.45) is 9.07. The van der Waals surface area contributed by atoms with Crippen LogP contribution >= 0.6 is 0 Å². The van der Waals surface area contributed by atoms with Crippen molar-refractivity contribution < 1.29 is 9.59 Å². The maximum Gasteiger partial charge on any atom is 0.253 e. The van der Waals surface area contributed by atoms with Crippen molar-refractivity contribution in [3.8, 4) is 0 Å². The summed E-state index contributed by atoms with van der Waals surface area (Å²) < 4.78 is 0. The van der Waals surface area contributed by atoms with E-state index in [4.69, 9.17) is 0 Å². The van der Waals surface area contributed by atoms with Gasteiger partial charge in [-0.05, 0) is 67.9 Å². The second-order valence-electron chi connectivity index (χ2n) is 9.52. The Morgan fingerprint density at radius 3 is 2.27 bits per heavy atom. The molecule has 1 saturated heterocycles. The Labute approximate surface area is 197 Å². The van der Waals surface area contributed by atoms with Gasteiger partial charge < -0.3 is 15.5 Å². The number of carbonyl (C=O) groups excluding carboxylic acids is 2. The van der Waals surface area contributed by atoms with Gasteiger partial charge in [0.1, 0.15) is 0 Å². The molecule has 0 radical (unpaired) electrons. The number of nitrogens with zero attached hydrogens (tertiary/aromatic N) is 1. The first-order chi connectivity index (χ1) is 16.1. The Kier molecular flexibility index (Phi) is 8.03. The maximum atomic E-state index is 13.0. The summed E-state index contributed by atoms with van der Waals surface area (Å²) >= 11 is 0. The van der Waals surface area contributed by atoms with E-state index < -0.39 is 0 Å². The molecule has 4 rings (SSSR count). The Balaban J connectivity index is 1.31. The van der Waals surface area contributed by atoms with Crippen LogP contribution in [0.15, 0.2) is 48.5 Å². The highest BCUT2D eigenvalue weighted by Gasteiger charge is 2.24. The van der Waals surface area contributed by atoms with Gasteiger partial charge in [0.15, 0.2) is 0 Å². The molecule has 1 heterocycles. The fourth-order valence-corrected chi connectivity index (χ4v) is 5.09. The van der Waals surface area contributed by atoms with Gasteiger partial charge >= 0.3 is 0 Å². The number of amides is 2. The molecule has 2 N–H and O–H groups in total. The molecule has 0 bridgehead atoms. The van der Waals surface area contributed by atoms with Crippen molar-refractivity contribution in [1.82, 2.24) is 10.6 Å². The lowest BCUT2D eigenvalue weighted by atomic mass is 9.89. The molecule has 33 heavy (non-hydrogen) atoms. The molecule has 0 spiro atoms. The molecular formula is C28H37N3O2. The van der Waals surface area contributed by atoms with Gasteiger partial charge in [-0.3, -0.25) is 9.59 Å². The number of para-hydroxylation sites is 1. The number of hydrogen-bond acceptors (Lipinski definition) is 3. The highest BCUT2D eigenvalue weighted by Crippen LogP contribution is 2.26. The summed E-state index contributed by atoms with van der Waals surface area (Å²) in [5, 5.41) is 6.38. The zero-order valence-corrected chi connectivity index (χ0v) is 19.8. The molecule has 0 atom stereocenters. The monoisotopic (exact) mass is 447 g/mol. The van der Waals surface area contributed by atoms with E-state index in [9.17, 15) is 9.59 Å². The summed E-state index contributed by atoms with van der Waals surface area (Å²) in [6, 6.07) is 15.9. The molecule has 1 saturated carbocycles. The Hall–Kier alpha value is -2.82. The van der Waals surface area contributed by atoms with Crippen LogP contribution in [0.1, 0.15) is 78.1 Å². The highest BCUT2D eigenvalue weighted by atomic mass is 16.2. The minimum Gasteiger partial charge on any atom is -0.371 e. The normalized spacial score (nSPS) is 17.5. The second kappa shape index (κ2) is 11.4. The molecule has 1 aliphatic heterocycles. The predicted octanol–water partition coefficient (Wildman–Crippen LogP) is 4.96. The third-order valence-electron chi connectivity index (χ3n) is 7.22. The van der Waals surface area contributed by atoms with E-state index in [2.05, 4.69) is 22.5 Å². The molecule has 2 aliphatic rings. The van der Waals surface area contributed by atoms with E-state index in [-0.39, 0.29) is 17.9 Å². The van der Waals surface area contributed by atoms with E-state index in [1.165, 1.54) is 37.7 Å². The smallest absolute Gasteiger partial charge is 0.253 e. The molecule has 0 aromatic heterocycles. The van der Waals surface area contributed by atoms with Gasteiger partial charge in [-0.1, -0.05) is 50.5 Å². The first-order valence-electron chi connectivity index (χ1n) is 12.7. The van der Waals surface area contributed by atoms with Crippen LogP contribution in [0.5, 0.6) is 0 Å². The standard InChI is InChI=1S/C28H37N3O2/c1-2-21-12-14-23(15-13-21)27(32)30-24-16-18-31(19-17-24)26-11-7-6-10-25(26)28(33)29-20-22-8-4-3-5-9-22/h6-7,10-15,22,24H,2-5,8-9,16-20H2,1H3,(H,29,33)(H,30,32). The summed E-state index contributed by atoms with van der Waals surface area (Å²) in [5.41, 5.74) is 3.71. The third-order valence-corrected chi connectivity index (χ3v) is 7.22. The molecule has 5 heteroatoms. The first kappa shape index (κ1) is 23.3. The lowest BCUT2D eigenvalue weighted by Gasteiger charge is -2.35. The Morgan fingerprint density at radius 1 is 0.879 bits per heavy atom. The van der Waals surface area contributed by atoms with E-state index in [0.717, 1.165) is 55.7 Å². The zero-order valence-electron chi connectivity index (χ0n) is 19.8. The molecule has 2 aromatic carbocycles. The third kappa shape index (κ3) is 6.16. The summed E-state index contributed by atoms with van der Waals surface area (Å²) in [6.45, 7) is 4.54. The van der Waals surface area contributed by atoms with Crippen molar-refractivity contribution in [2.45, 2.75) is 64.3 Å². The van der Waals surface area contributed by atoms with Gasteiger partial charge in [0, 0.05) is 36.9 Å². The molecule has 2 amide bonds. The van der Waals surface area contributed by atoms with Crippen LogP contribution in [-0.4, -0.2) is 37.5 Å². The van der Waals surface area contributed by atoms with E-state index in [1.54, 1.807) is 0 Å². The molecular weight excluding hydrogens is 410 g/mol. The van der Waals surface area contributed by atoms with Crippen LogP contribution in [0.4, 0.5) is 5.69 Å². The van der Waals surface area contributed by atoms with Crippen molar-refractivity contribution in [3.63, 3.8) is 0 Å². The second-order valence-corrected chi connectivity index (χ2v) is 9.52. The molecule has 2 fully saturated rings. The van der Waals surface area contributed by atoms with Crippen molar-refractivity contribution in [2.24, 2.45) is 5.92 Å². The lowest BCUT2D eigenvalue weighted by molar-refractivity contribution is 0.0928. The molecule has 176 valence electrons. The van der Waals surface area contributed by atoms with Crippen molar-refractivity contribution >= 4 is 17.5 Å². The summed E-state index contributed by atoms with van der Waals surface area (Å²) in [5.74, 6) is 0.646. The van der Waals surface area contributed by atoms with E-state index in [1.807, 2.05) is 48.5 Å². The highest BCUT2D eigenvalue weighted by molar-refractivity contribution is 5.99. The zero-order chi connectivity index (χ0) is 23.0. The van der Waals surface area contributed by atoms with Gasteiger partial charge in [-0.25, -0.2) is 0 Å². The largest absolute Gasteiger partial charge is 0.371 e. The topological polar surface area (TPSA) is 61.4 Å². The first-order valence-corrected chi connectivity index (χ1v) is 12.7. The Bertz CT molecular complexity index is 926. The van der Waals surface area contributed by atoms with Crippen LogP contribution in [0.2, 0.25) is 0 Å². The van der Waals surface area contributed by atoms with Gasteiger partial charge in [0.05, 0.1) is 5.56 Å². The summed E-state index contributed by atoms with van der Waals surface area (Å²) in [4.78, 5) is 27.9. The molecule has 5 nitrogen and oxygen atoms in total. The fourth-order valence-electron chi connectivity index (χ4n) is 5.09. The van der Waals surface area contributed by atoms with Crippen LogP contribution in [0.3, 0.4) is 0 Å². The average Bonchev–Trinajstić information content (AvgIpc) is 2.88. The fraction of sp³-hybridized carbons (Fsp3) is 0.500. The minimum atomic E-state index is -0.00130. The van der Waals surface area contributed by atoms with Crippen LogP contribution in [0.25, 0.3) is 0 Å². The number of nitrogens with one attached hydrogen (secondary N) is 2. The van der Waals surface area contributed by atoms with Crippen LogP contribution < -0.4 is 15.5 Å². The lowest BCUT2D eigenvalue weighted by Crippen LogP contribution is -2.45. The molecule has 0 unspecified atom stereocenters. The van der Waals surface area contributed by atoms with Gasteiger partial charge in [0.25, 0.3) is 11.8 Å². The number of rotatable bonds is 7.